The molecule has 0 heterocycles. The van der Waals surface area contributed by atoms with E-state index in [1.165, 1.54) is 6.42 Å². The van der Waals surface area contributed by atoms with Crippen molar-refractivity contribution in [1.82, 2.24) is 0 Å². The smallest absolute Gasteiger partial charge is 0.0699 e. The molecule has 74 valence electrons. The average Bonchev–Trinajstić information content (AvgIpc) is 2.03. The summed E-state index contributed by atoms with van der Waals surface area (Å²) in [6.45, 7) is 12.7. The Morgan fingerprint density at radius 2 is 1.77 bits per heavy atom. The third-order valence-corrected chi connectivity index (χ3v) is 2.99. The second kappa shape index (κ2) is 6.29. The molecule has 0 saturated heterocycles. The summed E-state index contributed by atoms with van der Waals surface area (Å²) in [5, 5.41) is 0. The second-order valence-corrected chi connectivity index (χ2v) is 4.36. The summed E-state index contributed by atoms with van der Waals surface area (Å²) in [6, 6.07) is 0. The van der Waals surface area contributed by atoms with Gasteiger partial charge in [-0.25, -0.2) is 0 Å². The number of hydrogen-bond donors (Lipinski definition) is 0. The lowest BCUT2D eigenvalue weighted by molar-refractivity contribution is 0.240. The molecule has 0 aliphatic carbocycles. The van der Waals surface area contributed by atoms with Crippen molar-refractivity contribution >= 4 is 7.85 Å². The van der Waals surface area contributed by atoms with Crippen LogP contribution in [0.15, 0.2) is 12.7 Å². The first-order chi connectivity index (χ1) is 6.04. The van der Waals surface area contributed by atoms with E-state index in [1.54, 1.807) is 0 Å². The zero-order chi connectivity index (χ0) is 10.4. The van der Waals surface area contributed by atoms with Gasteiger partial charge in [-0.15, -0.1) is 6.58 Å². The topological polar surface area (TPSA) is 0 Å². The summed E-state index contributed by atoms with van der Waals surface area (Å²) in [6.07, 6.45) is 4.27. The van der Waals surface area contributed by atoms with Crippen molar-refractivity contribution < 1.29 is 0 Å². The minimum atomic E-state index is 0.283. The Bertz CT molecular complexity index is 138. The Labute approximate surface area is 85.2 Å². The van der Waals surface area contributed by atoms with E-state index in [0.717, 1.165) is 18.3 Å². The summed E-state index contributed by atoms with van der Waals surface area (Å²) >= 11 is 0. The monoisotopic (exact) mass is 178 g/mol. The third kappa shape index (κ3) is 4.02. The summed E-state index contributed by atoms with van der Waals surface area (Å²) < 4.78 is 0. The molecule has 0 aromatic carbocycles. The van der Waals surface area contributed by atoms with E-state index < -0.39 is 0 Å². The van der Waals surface area contributed by atoms with Gasteiger partial charge in [0.1, 0.15) is 0 Å². The van der Waals surface area contributed by atoms with Crippen LogP contribution in [0.1, 0.15) is 40.5 Å². The van der Waals surface area contributed by atoms with E-state index in [1.807, 2.05) is 6.08 Å². The van der Waals surface area contributed by atoms with Gasteiger partial charge < -0.3 is 0 Å². The predicted octanol–water partition coefficient (Wildman–Crippen LogP) is 3.84. The highest BCUT2D eigenvalue weighted by Crippen LogP contribution is 2.34. The van der Waals surface area contributed by atoms with Crippen molar-refractivity contribution in [3.63, 3.8) is 0 Å². The number of rotatable bonds is 6. The molecule has 0 saturated carbocycles. The molecule has 1 heteroatoms. The standard InChI is InChI=1S/C12H23B/c1-6-8-12(10(5)13)11(7-2)9(3)4/h6,9-12H,1,7-8H2,2-5H3. The highest BCUT2D eigenvalue weighted by atomic mass is 14.3. The fraction of sp³-hybridized carbons (Fsp3) is 0.833. The molecule has 0 aliphatic heterocycles. The molecule has 0 N–H and O–H groups in total. The van der Waals surface area contributed by atoms with Crippen LogP contribution in [0.2, 0.25) is 5.82 Å². The lowest BCUT2D eigenvalue weighted by Crippen LogP contribution is -2.22. The first-order valence-electron chi connectivity index (χ1n) is 5.41. The van der Waals surface area contributed by atoms with Crippen LogP contribution in [0, 0.1) is 17.8 Å². The van der Waals surface area contributed by atoms with Gasteiger partial charge in [-0.05, 0) is 24.2 Å². The molecular weight excluding hydrogens is 155 g/mol. The van der Waals surface area contributed by atoms with Crippen LogP contribution in [-0.2, 0) is 0 Å². The molecule has 2 radical (unpaired) electrons. The van der Waals surface area contributed by atoms with Gasteiger partial charge in [0.25, 0.3) is 0 Å². The van der Waals surface area contributed by atoms with Gasteiger partial charge >= 0.3 is 0 Å². The van der Waals surface area contributed by atoms with Crippen LogP contribution in [0.3, 0.4) is 0 Å². The zero-order valence-electron chi connectivity index (χ0n) is 9.59. The van der Waals surface area contributed by atoms with Crippen molar-refractivity contribution in [3.05, 3.63) is 12.7 Å². The van der Waals surface area contributed by atoms with E-state index in [-0.39, 0.29) is 5.82 Å². The maximum atomic E-state index is 5.99. The number of allylic oxidation sites excluding steroid dienone is 1. The van der Waals surface area contributed by atoms with Gasteiger partial charge in [0.15, 0.2) is 0 Å². The van der Waals surface area contributed by atoms with Crippen LogP contribution in [0.5, 0.6) is 0 Å². The fourth-order valence-corrected chi connectivity index (χ4v) is 2.24. The lowest BCUT2D eigenvalue weighted by atomic mass is 9.66. The quantitative estimate of drug-likeness (QED) is 0.428. The van der Waals surface area contributed by atoms with Crippen LogP contribution in [0.4, 0.5) is 0 Å². The van der Waals surface area contributed by atoms with Gasteiger partial charge in [-0.1, -0.05) is 46.0 Å². The molecule has 0 bridgehead atoms. The molecule has 0 amide bonds. The van der Waals surface area contributed by atoms with Gasteiger partial charge in [0, 0.05) is 0 Å². The molecule has 3 unspecified atom stereocenters. The highest BCUT2D eigenvalue weighted by molar-refractivity contribution is 6.11. The number of hydrogen-bond acceptors (Lipinski definition) is 0. The molecular formula is C12H23B. The highest BCUT2D eigenvalue weighted by Gasteiger charge is 2.23. The minimum absolute atomic E-state index is 0.283. The van der Waals surface area contributed by atoms with Crippen molar-refractivity contribution in [2.75, 3.05) is 0 Å². The first kappa shape index (κ1) is 12.8. The molecule has 0 fully saturated rings. The van der Waals surface area contributed by atoms with Crippen LogP contribution in [-0.4, -0.2) is 7.85 Å². The van der Waals surface area contributed by atoms with Crippen molar-refractivity contribution in [2.45, 2.75) is 46.4 Å². The van der Waals surface area contributed by atoms with Crippen LogP contribution in [0.25, 0.3) is 0 Å². The Kier molecular flexibility index (Phi) is 6.19. The molecule has 0 aromatic rings. The molecule has 0 rings (SSSR count). The molecule has 0 aliphatic rings. The Morgan fingerprint density at radius 3 is 2.00 bits per heavy atom. The molecule has 13 heavy (non-hydrogen) atoms. The third-order valence-electron chi connectivity index (χ3n) is 2.99. The van der Waals surface area contributed by atoms with Gasteiger partial charge in [-0.2, -0.15) is 0 Å². The van der Waals surface area contributed by atoms with E-state index in [4.69, 9.17) is 7.85 Å². The van der Waals surface area contributed by atoms with Crippen LogP contribution < -0.4 is 0 Å². The molecule has 0 aromatic heterocycles. The largest absolute Gasteiger partial charge is 0.103 e. The Morgan fingerprint density at radius 1 is 1.23 bits per heavy atom. The van der Waals surface area contributed by atoms with Crippen LogP contribution >= 0.6 is 0 Å². The molecule has 0 nitrogen and oxygen atoms in total. The SMILES string of the molecule is [B]C(C)C(CC=C)C(CC)C(C)C. The normalized spacial score (nSPS) is 18.2. The molecule has 0 spiro atoms. The summed E-state index contributed by atoms with van der Waals surface area (Å²) in [7, 11) is 5.99. The van der Waals surface area contributed by atoms with Gasteiger partial charge in [0.2, 0.25) is 0 Å². The van der Waals surface area contributed by atoms with Crippen molar-refractivity contribution in [1.29, 1.82) is 0 Å². The maximum absolute atomic E-state index is 5.99. The minimum Gasteiger partial charge on any atom is -0.103 e. The zero-order valence-corrected chi connectivity index (χ0v) is 9.59. The summed E-state index contributed by atoms with van der Waals surface area (Å²) in [5.41, 5.74) is 0. The van der Waals surface area contributed by atoms with E-state index in [0.29, 0.717) is 5.92 Å². The second-order valence-electron chi connectivity index (χ2n) is 4.36. The van der Waals surface area contributed by atoms with E-state index >= 15 is 0 Å². The lowest BCUT2D eigenvalue weighted by Gasteiger charge is -2.32. The summed E-state index contributed by atoms with van der Waals surface area (Å²) in [5.74, 6) is 2.34. The Balaban J connectivity index is 4.38. The summed E-state index contributed by atoms with van der Waals surface area (Å²) in [4.78, 5) is 0. The van der Waals surface area contributed by atoms with Crippen molar-refractivity contribution in [3.8, 4) is 0 Å². The van der Waals surface area contributed by atoms with Gasteiger partial charge in [0.05, 0.1) is 7.85 Å². The first-order valence-corrected chi connectivity index (χ1v) is 5.41. The van der Waals surface area contributed by atoms with E-state index in [9.17, 15) is 0 Å². The predicted molar refractivity (Wildman–Crippen MR) is 62.1 cm³/mol. The molecule has 3 atom stereocenters. The van der Waals surface area contributed by atoms with E-state index in [2.05, 4.69) is 34.3 Å². The van der Waals surface area contributed by atoms with Gasteiger partial charge in [-0.3, -0.25) is 0 Å². The Hall–Kier alpha value is -0.195. The maximum Gasteiger partial charge on any atom is 0.0699 e. The fourth-order valence-electron chi connectivity index (χ4n) is 2.24. The average molecular weight is 178 g/mol. The van der Waals surface area contributed by atoms with Crippen molar-refractivity contribution in [2.24, 2.45) is 17.8 Å².